The minimum Gasteiger partial charge on any atom is -0.467 e. The molecule has 0 aliphatic rings. The van der Waals surface area contributed by atoms with Gasteiger partial charge < -0.3 is 19.9 Å². The number of nitrogens with two attached hydrogens (primary N) is 1. The summed E-state index contributed by atoms with van der Waals surface area (Å²) in [6.45, 7) is -0.745. The Hall–Kier alpha value is -3.76. The maximum Gasteiger partial charge on any atom is 0.416 e. The summed E-state index contributed by atoms with van der Waals surface area (Å²) < 4.78 is 47.1. The highest BCUT2D eigenvalue weighted by molar-refractivity contribution is 6.37. The van der Waals surface area contributed by atoms with E-state index in [2.05, 4.69) is 4.74 Å². The molecule has 0 unspecified atom stereocenters. The van der Waals surface area contributed by atoms with Crippen LogP contribution in [0.25, 0.3) is 21.8 Å². The van der Waals surface area contributed by atoms with Crippen molar-refractivity contribution in [2.24, 2.45) is 5.73 Å². The lowest BCUT2D eigenvalue weighted by Crippen LogP contribution is -2.12. The molecule has 3 aromatic carbocycles. The van der Waals surface area contributed by atoms with E-state index in [0.29, 0.717) is 16.4 Å². The average molecular weight is 507 g/mol. The van der Waals surface area contributed by atoms with Gasteiger partial charge >= 0.3 is 12.1 Å². The topological polar surface area (TPSA) is 92.8 Å². The molecular weight excluding hydrogens is 489 g/mol. The second kappa shape index (κ2) is 9.47. The highest BCUT2D eigenvalue weighted by Crippen LogP contribution is 2.42. The highest BCUT2D eigenvalue weighted by Gasteiger charge is 2.33. The number of methoxy groups -OCH3 is 1. The van der Waals surface area contributed by atoms with E-state index in [0.717, 1.165) is 6.07 Å². The Morgan fingerprint density at radius 1 is 1.03 bits per heavy atom. The summed E-state index contributed by atoms with van der Waals surface area (Å²) in [6, 6.07) is 12.8. The van der Waals surface area contributed by atoms with E-state index in [-0.39, 0.29) is 33.8 Å². The van der Waals surface area contributed by atoms with Gasteiger partial charge in [-0.05, 0) is 35.9 Å². The Balaban J connectivity index is 1.98. The number of carbonyl (C=O) groups excluding carboxylic acids is 2. The number of rotatable bonds is 7. The molecule has 0 fully saturated rings. The van der Waals surface area contributed by atoms with Gasteiger partial charge in [0.05, 0.1) is 34.1 Å². The number of halogens is 4. The van der Waals surface area contributed by atoms with Gasteiger partial charge in [0.15, 0.2) is 12.4 Å². The standard InChI is InChI=1S/C24H18ClF3N2O5/c1-33-19(31)12-34-35-18-10-9-16(25)22-21(18)20-14(23(29)32)6-4-8-17(20)30(22)11-13-5-2-3-7-15(13)24(26,27)28/h2-10H,11-12H2,1H3,(H2,29,32). The average Bonchev–Trinajstić information content (AvgIpc) is 3.15. The van der Waals surface area contributed by atoms with E-state index in [1.54, 1.807) is 16.7 Å². The molecule has 0 atom stereocenters. The SMILES string of the molecule is COC(=O)COOc1ccc(Cl)c2c1c1c(C(N)=O)cccc1n2Cc1ccccc1C(F)(F)F. The fourth-order valence-electron chi connectivity index (χ4n) is 3.95. The zero-order valence-corrected chi connectivity index (χ0v) is 18.9. The lowest BCUT2D eigenvalue weighted by molar-refractivity contribution is -0.214. The predicted octanol–water partition coefficient (Wildman–Crippen LogP) is 5.10. The molecule has 1 heterocycles. The van der Waals surface area contributed by atoms with Crippen LogP contribution >= 0.6 is 11.6 Å². The number of benzene rings is 3. The number of alkyl halides is 3. The molecule has 0 bridgehead atoms. The molecule has 182 valence electrons. The number of nitrogens with zero attached hydrogens (tertiary/aromatic N) is 1. The zero-order valence-electron chi connectivity index (χ0n) is 18.2. The van der Waals surface area contributed by atoms with E-state index in [9.17, 15) is 22.8 Å². The van der Waals surface area contributed by atoms with Gasteiger partial charge in [-0.25, -0.2) is 4.79 Å². The van der Waals surface area contributed by atoms with E-state index in [1.165, 1.54) is 43.5 Å². The second-order valence-corrected chi connectivity index (χ2v) is 7.90. The van der Waals surface area contributed by atoms with Crippen molar-refractivity contribution < 1.29 is 37.3 Å². The fourth-order valence-corrected chi connectivity index (χ4v) is 4.20. The van der Waals surface area contributed by atoms with E-state index >= 15 is 0 Å². The molecule has 0 saturated carbocycles. The van der Waals surface area contributed by atoms with Crippen LogP contribution in [0.4, 0.5) is 13.2 Å². The van der Waals surface area contributed by atoms with Crippen LogP contribution in [0.1, 0.15) is 21.5 Å². The number of hydrogen-bond donors (Lipinski definition) is 1. The molecule has 0 saturated heterocycles. The highest BCUT2D eigenvalue weighted by atomic mass is 35.5. The first kappa shape index (κ1) is 24.4. The first-order chi connectivity index (χ1) is 16.6. The number of aromatic nitrogens is 1. The van der Waals surface area contributed by atoms with Gasteiger partial charge in [-0.3, -0.25) is 4.79 Å². The van der Waals surface area contributed by atoms with E-state index < -0.39 is 30.2 Å². The van der Waals surface area contributed by atoms with Crippen LogP contribution in [0.3, 0.4) is 0 Å². The van der Waals surface area contributed by atoms with E-state index in [1.807, 2.05) is 0 Å². The molecule has 2 N–H and O–H groups in total. The number of hydrogen-bond acceptors (Lipinski definition) is 5. The fraction of sp³-hybridized carbons (Fsp3) is 0.167. The summed E-state index contributed by atoms with van der Waals surface area (Å²) in [4.78, 5) is 33.9. The van der Waals surface area contributed by atoms with E-state index in [4.69, 9.17) is 27.1 Å². The van der Waals surface area contributed by atoms with Gasteiger partial charge in [0.1, 0.15) is 0 Å². The Kier molecular flexibility index (Phi) is 6.60. The Morgan fingerprint density at radius 3 is 2.46 bits per heavy atom. The van der Waals surface area contributed by atoms with Crippen molar-refractivity contribution in [3.8, 4) is 5.75 Å². The van der Waals surface area contributed by atoms with Crippen molar-refractivity contribution in [1.82, 2.24) is 4.57 Å². The normalized spacial score (nSPS) is 11.7. The summed E-state index contributed by atoms with van der Waals surface area (Å²) >= 11 is 6.51. The first-order valence-electron chi connectivity index (χ1n) is 10.2. The molecule has 0 spiro atoms. The molecule has 4 rings (SSSR count). The third-order valence-electron chi connectivity index (χ3n) is 5.41. The van der Waals surface area contributed by atoms with Gasteiger partial charge in [0.2, 0.25) is 5.91 Å². The molecule has 0 aliphatic carbocycles. The predicted molar refractivity (Wildman–Crippen MR) is 122 cm³/mol. The maximum absolute atomic E-state index is 13.7. The number of esters is 1. The molecule has 1 aromatic heterocycles. The van der Waals surface area contributed by atoms with Gasteiger partial charge in [-0.1, -0.05) is 35.9 Å². The Bertz CT molecular complexity index is 1450. The summed E-state index contributed by atoms with van der Waals surface area (Å²) in [7, 11) is 1.18. The van der Waals surface area contributed by atoms with Gasteiger partial charge in [0.25, 0.3) is 0 Å². The van der Waals surface area contributed by atoms with Crippen LogP contribution in [-0.4, -0.2) is 30.2 Å². The second-order valence-electron chi connectivity index (χ2n) is 7.50. The number of carbonyl (C=O) groups is 2. The third kappa shape index (κ3) is 4.62. The van der Waals surface area contributed by atoms with Crippen molar-refractivity contribution in [2.45, 2.75) is 12.7 Å². The largest absolute Gasteiger partial charge is 0.467 e. The van der Waals surface area contributed by atoms with Crippen molar-refractivity contribution in [3.05, 3.63) is 76.3 Å². The maximum atomic E-state index is 13.7. The smallest absolute Gasteiger partial charge is 0.416 e. The zero-order chi connectivity index (χ0) is 25.3. The minimum atomic E-state index is -4.58. The quantitative estimate of drug-likeness (QED) is 0.214. The summed E-state index contributed by atoms with van der Waals surface area (Å²) in [5.74, 6) is -1.37. The van der Waals surface area contributed by atoms with Crippen LogP contribution in [-0.2, 0) is 27.1 Å². The first-order valence-corrected chi connectivity index (χ1v) is 10.6. The Labute approximate surface area is 201 Å². The summed E-state index contributed by atoms with van der Waals surface area (Å²) in [6.07, 6.45) is -4.58. The van der Waals surface area contributed by atoms with Gasteiger partial charge in [-0.2, -0.15) is 18.1 Å². The van der Waals surface area contributed by atoms with Crippen molar-refractivity contribution >= 4 is 45.3 Å². The monoisotopic (exact) mass is 506 g/mol. The number of fused-ring (bicyclic) bond motifs is 3. The molecule has 11 heteroatoms. The van der Waals surface area contributed by atoms with Crippen LogP contribution in [0.2, 0.25) is 5.02 Å². The van der Waals surface area contributed by atoms with Crippen LogP contribution in [0, 0.1) is 0 Å². The van der Waals surface area contributed by atoms with Crippen LogP contribution < -0.4 is 10.6 Å². The Morgan fingerprint density at radius 2 is 1.77 bits per heavy atom. The molecule has 4 aromatic rings. The summed E-state index contributed by atoms with van der Waals surface area (Å²) in [5, 5.41) is 0.798. The number of primary amides is 1. The van der Waals surface area contributed by atoms with Crippen LogP contribution in [0.15, 0.2) is 54.6 Å². The lowest BCUT2D eigenvalue weighted by Gasteiger charge is -2.15. The van der Waals surface area contributed by atoms with Gasteiger partial charge in [-0.15, -0.1) is 0 Å². The molecular formula is C24H18ClF3N2O5. The van der Waals surface area contributed by atoms with Crippen molar-refractivity contribution in [3.63, 3.8) is 0 Å². The molecule has 0 radical (unpaired) electrons. The minimum absolute atomic E-state index is 0.00684. The molecule has 1 amide bonds. The van der Waals surface area contributed by atoms with Crippen LogP contribution in [0.5, 0.6) is 5.75 Å². The number of amides is 1. The van der Waals surface area contributed by atoms with Crippen molar-refractivity contribution in [2.75, 3.05) is 13.7 Å². The molecule has 0 aliphatic heterocycles. The molecule has 7 nitrogen and oxygen atoms in total. The summed E-state index contributed by atoms with van der Waals surface area (Å²) in [5.41, 5.74) is 5.60. The molecule has 35 heavy (non-hydrogen) atoms. The number of ether oxygens (including phenoxy) is 1. The van der Waals surface area contributed by atoms with Gasteiger partial charge in [0, 0.05) is 17.5 Å². The third-order valence-corrected chi connectivity index (χ3v) is 5.72. The van der Waals surface area contributed by atoms with Crippen molar-refractivity contribution in [1.29, 1.82) is 0 Å². The lowest BCUT2D eigenvalue weighted by atomic mass is 10.1.